The third kappa shape index (κ3) is 5.08. The standard InChI is InChI=1S/C33H37F3N8O2S/c1-43(2)33(4-3-5-33)14-40-30-20-11-39-27(24-21(34)9-22(35)28-23(24)19(10-37)29(38)47-28)25(36)26(20)41-31(42-30)46-16-32(6-7-32)15-44-17-8-18(44)13-45-12-17/h9,11,17-18,23,28H,3-8,12-16,38H2,1-2H3,(H,40,41,42). The maximum absolute atomic E-state index is 16.7. The summed E-state index contributed by atoms with van der Waals surface area (Å²) in [6.07, 6.45) is 8.47. The van der Waals surface area contributed by atoms with Crippen molar-refractivity contribution in [1.29, 1.82) is 5.26 Å². The molecule has 4 atom stereocenters. The summed E-state index contributed by atoms with van der Waals surface area (Å²) in [6, 6.07) is 2.90. The topological polar surface area (TPSA) is 125 Å². The van der Waals surface area contributed by atoms with Crippen LogP contribution in [0.2, 0.25) is 0 Å². The largest absolute Gasteiger partial charge is 0.463 e. The van der Waals surface area contributed by atoms with Gasteiger partial charge in [0.05, 0.1) is 47.1 Å². The highest BCUT2D eigenvalue weighted by Crippen LogP contribution is 2.53. The van der Waals surface area contributed by atoms with Crippen LogP contribution in [-0.4, -0.2) is 94.6 Å². The smallest absolute Gasteiger partial charge is 0.319 e. The SMILES string of the molecule is CN(C)C1(CNc2nc(OCC3(CN4C5COCC4C5)CC3)nc3c(F)c(C4=C(F)C=C(F)C5SC(N)=C(C#N)C45)ncc23)CCC1. The number of anilines is 1. The minimum Gasteiger partial charge on any atom is -0.463 e. The predicted molar refractivity (Wildman–Crippen MR) is 172 cm³/mol. The van der Waals surface area contributed by atoms with Gasteiger partial charge in [-0.2, -0.15) is 15.2 Å². The molecule has 248 valence electrons. The van der Waals surface area contributed by atoms with Crippen LogP contribution in [0.15, 0.2) is 34.5 Å². The number of nitrogens with two attached hydrogens (primary N) is 1. The van der Waals surface area contributed by atoms with Gasteiger partial charge in [0.15, 0.2) is 5.82 Å². The van der Waals surface area contributed by atoms with E-state index in [0.717, 1.165) is 69.7 Å². The van der Waals surface area contributed by atoms with E-state index < -0.39 is 28.6 Å². The van der Waals surface area contributed by atoms with Gasteiger partial charge >= 0.3 is 6.01 Å². The Kier molecular flexibility index (Phi) is 7.47. The molecular formula is C33H37F3N8O2S. The van der Waals surface area contributed by atoms with Crippen molar-refractivity contribution in [1.82, 2.24) is 24.8 Å². The molecule has 0 amide bonds. The van der Waals surface area contributed by atoms with Crippen LogP contribution in [0.3, 0.4) is 0 Å². The quantitative estimate of drug-likeness (QED) is 0.368. The number of allylic oxidation sites excluding steroid dienone is 4. The van der Waals surface area contributed by atoms with Gasteiger partial charge in [-0.1, -0.05) is 11.8 Å². The predicted octanol–water partition coefficient (Wildman–Crippen LogP) is 4.67. The molecule has 0 radical (unpaired) electrons. The van der Waals surface area contributed by atoms with Gasteiger partial charge in [0.1, 0.15) is 28.7 Å². The van der Waals surface area contributed by atoms with Crippen LogP contribution in [0.4, 0.5) is 19.0 Å². The average Bonchev–Trinajstić information content (AvgIpc) is 3.73. The summed E-state index contributed by atoms with van der Waals surface area (Å²) >= 11 is 0.924. The number of halogens is 3. The highest BCUT2D eigenvalue weighted by atomic mass is 32.2. The van der Waals surface area contributed by atoms with Crippen LogP contribution < -0.4 is 15.8 Å². The fraction of sp³-hybridized carbons (Fsp3) is 0.576. The molecule has 14 heteroatoms. The fourth-order valence-electron chi connectivity index (χ4n) is 7.74. The number of aromatic nitrogens is 3. The van der Waals surface area contributed by atoms with Crippen molar-refractivity contribution in [2.24, 2.45) is 17.1 Å². The van der Waals surface area contributed by atoms with E-state index in [1.54, 1.807) is 0 Å². The minimum absolute atomic E-state index is 0.00844. The second-order valence-corrected chi connectivity index (χ2v) is 15.3. The molecule has 6 aliphatic rings. The highest BCUT2D eigenvalue weighted by Gasteiger charge is 2.52. The number of morpholine rings is 1. The zero-order valence-corrected chi connectivity index (χ0v) is 27.2. The zero-order valence-electron chi connectivity index (χ0n) is 26.4. The molecule has 2 saturated carbocycles. The number of nitrogens with one attached hydrogen (secondary N) is 1. The maximum Gasteiger partial charge on any atom is 0.319 e. The van der Waals surface area contributed by atoms with E-state index in [4.69, 9.17) is 20.2 Å². The Morgan fingerprint density at radius 3 is 2.60 bits per heavy atom. The summed E-state index contributed by atoms with van der Waals surface area (Å²) in [5.74, 6) is -3.42. The van der Waals surface area contributed by atoms with E-state index in [9.17, 15) is 9.65 Å². The van der Waals surface area contributed by atoms with Crippen molar-refractivity contribution < 1.29 is 22.6 Å². The number of rotatable bonds is 10. The molecule has 2 aromatic rings. The van der Waals surface area contributed by atoms with Gasteiger partial charge in [-0.05, 0) is 52.6 Å². The Hall–Kier alpha value is -3.38. The summed E-state index contributed by atoms with van der Waals surface area (Å²) in [5.41, 5.74) is 5.26. The first-order valence-corrected chi connectivity index (χ1v) is 17.1. The number of nitrogens with zero attached hydrogens (tertiary/aromatic N) is 6. The average molecular weight is 667 g/mol. The lowest BCUT2D eigenvalue weighted by Gasteiger charge is -2.53. The summed E-state index contributed by atoms with van der Waals surface area (Å²) in [5, 5.41) is 12.6. The van der Waals surface area contributed by atoms with Crippen LogP contribution in [0.5, 0.6) is 6.01 Å². The number of thioether (sulfide) groups is 1. The second kappa shape index (κ2) is 11.4. The lowest BCUT2D eigenvalue weighted by molar-refractivity contribution is -0.135. The Labute approximate surface area is 275 Å². The van der Waals surface area contributed by atoms with Crippen LogP contribution in [-0.2, 0) is 4.74 Å². The van der Waals surface area contributed by atoms with E-state index in [1.807, 2.05) is 20.2 Å². The van der Waals surface area contributed by atoms with Gasteiger partial charge in [-0.25, -0.2) is 13.2 Å². The van der Waals surface area contributed by atoms with E-state index in [2.05, 4.69) is 25.1 Å². The molecule has 3 aliphatic heterocycles. The van der Waals surface area contributed by atoms with Crippen molar-refractivity contribution in [2.75, 3.05) is 52.3 Å². The van der Waals surface area contributed by atoms with Crippen LogP contribution >= 0.6 is 11.8 Å². The molecule has 5 heterocycles. The van der Waals surface area contributed by atoms with E-state index >= 15 is 8.78 Å². The van der Waals surface area contributed by atoms with Gasteiger partial charge in [0.25, 0.3) is 0 Å². The van der Waals surface area contributed by atoms with Crippen LogP contribution in [0.1, 0.15) is 44.2 Å². The number of nitriles is 1. The molecule has 0 aromatic carbocycles. The Morgan fingerprint density at radius 1 is 1.19 bits per heavy atom. The molecule has 2 saturated heterocycles. The van der Waals surface area contributed by atoms with Gasteiger partial charge in [-0.3, -0.25) is 9.88 Å². The molecule has 2 bridgehead atoms. The molecule has 4 unspecified atom stereocenters. The first kappa shape index (κ1) is 30.9. The van der Waals surface area contributed by atoms with E-state index in [-0.39, 0.29) is 44.4 Å². The maximum atomic E-state index is 16.7. The molecule has 8 rings (SSSR count). The minimum atomic E-state index is -1.12. The van der Waals surface area contributed by atoms with Crippen molar-refractivity contribution in [3.8, 4) is 12.1 Å². The van der Waals surface area contributed by atoms with Gasteiger partial charge in [0.2, 0.25) is 0 Å². The van der Waals surface area contributed by atoms with Gasteiger partial charge < -0.3 is 25.4 Å². The molecule has 10 nitrogen and oxygen atoms in total. The Bertz CT molecular complexity index is 1770. The summed E-state index contributed by atoms with van der Waals surface area (Å²) in [6.45, 7) is 3.39. The Morgan fingerprint density at radius 2 is 1.96 bits per heavy atom. The molecule has 3 N–H and O–H groups in total. The number of hydrogen-bond acceptors (Lipinski definition) is 11. The summed E-state index contributed by atoms with van der Waals surface area (Å²) in [4.78, 5) is 18.3. The number of fused-ring (bicyclic) bond motifs is 4. The molecule has 2 aromatic heterocycles. The number of hydrogen-bond donors (Lipinski definition) is 2. The van der Waals surface area contributed by atoms with Crippen molar-refractivity contribution in [3.63, 3.8) is 0 Å². The second-order valence-electron chi connectivity index (χ2n) is 14.1. The molecule has 47 heavy (non-hydrogen) atoms. The van der Waals surface area contributed by atoms with Crippen LogP contribution in [0.25, 0.3) is 16.5 Å². The molecule has 3 aliphatic carbocycles. The van der Waals surface area contributed by atoms with Crippen molar-refractivity contribution in [3.05, 3.63) is 46.0 Å². The third-order valence-electron chi connectivity index (χ3n) is 11.2. The lowest BCUT2D eigenvalue weighted by atomic mass is 9.75. The van der Waals surface area contributed by atoms with Crippen LogP contribution in [0, 0.1) is 28.5 Å². The molecule has 0 spiro atoms. The molecular weight excluding hydrogens is 629 g/mol. The number of likely N-dealkylation sites (N-methyl/N-ethyl adjacent to an activating group) is 1. The lowest BCUT2D eigenvalue weighted by Crippen LogP contribution is -2.65. The Balaban J connectivity index is 1.15. The van der Waals surface area contributed by atoms with Gasteiger partial charge in [0, 0.05) is 59.9 Å². The summed E-state index contributed by atoms with van der Waals surface area (Å²) in [7, 11) is 4.09. The first-order chi connectivity index (χ1) is 22.6. The number of ether oxygens (including phenoxy) is 2. The highest BCUT2D eigenvalue weighted by molar-refractivity contribution is 8.04. The third-order valence-corrected chi connectivity index (χ3v) is 12.4. The van der Waals surface area contributed by atoms with Crippen molar-refractivity contribution in [2.45, 2.75) is 61.4 Å². The monoisotopic (exact) mass is 666 g/mol. The molecule has 4 fully saturated rings. The zero-order chi connectivity index (χ0) is 32.7. The number of pyridine rings is 1. The van der Waals surface area contributed by atoms with Gasteiger partial charge in [-0.15, -0.1) is 0 Å². The first-order valence-electron chi connectivity index (χ1n) is 16.2. The van der Waals surface area contributed by atoms with E-state index in [0.29, 0.717) is 36.4 Å². The van der Waals surface area contributed by atoms with E-state index in [1.165, 1.54) is 12.6 Å². The fourth-order valence-corrected chi connectivity index (χ4v) is 8.90. The van der Waals surface area contributed by atoms with Crippen molar-refractivity contribution >= 4 is 34.1 Å². The normalized spacial score (nSPS) is 28.8. The summed E-state index contributed by atoms with van der Waals surface area (Å²) < 4.78 is 59.0.